The molecular formula is C10H16FNO4. The zero-order chi connectivity index (χ0) is 12.1. The number of piperidine rings is 1. The first-order chi connectivity index (χ1) is 7.54. The van der Waals surface area contributed by atoms with Gasteiger partial charge in [-0.15, -0.1) is 0 Å². The number of alkyl halides is 1. The molecule has 0 spiro atoms. The molecule has 1 fully saturated rings. The van der Waals surface area contributed by atoms with Crippen LogP contribution in [0.25, 0.3) is 0 Å². The van der Waals surface area contributed by atoms with Gasteiger partial charge in [0.15, 0.2) is 0 Å². The molecule has 0 aromatic carbocycles. The van der Waals surface area contributed by atoms with Gasteiger partial charge in [-0.25, -0.2) is 9.18 Å². The number of amides is 1. The molecule has 1 amide bonds. The Hall–Kier alpha value is -1.33. The van der Waals surface area contributed by atoms with Crippen molar-refractivity contribution in [2.24, 2.45) is 5.92 Å². The molecule has 0 saturated carbocycles. The van der Waals surface area contributed by atoms with Gasteiger partial charge in [0.25, 0.3) is 0 Å². The molecule has 0 aliphatic carbocycles. The molecule has 1 N–H and O–H groups in total. The molecule has 1 heterocycles. The molecule has 0 bridgehead atoms. The Morgan fingerprint density at radius 3 is 2.75 bits per heavy atom. The number of nitrogens with zero attached hydrogens (tertiary/aromatic N) is 1. The van der Waals surface area contributed by atoms with Crippen LogP contribution in [0.3, 0.4) is 0 Å². The quantitative estimate of drug-likeness (QED) is 0.745. The number of ether oxygens (including phenoxy) is 1. The highest BCUT2D eigenvalue weighted by Crippen LogP contribution is 2.24. The molecule has 16 heavy (non-hydrogen) atoms. The van der Waals surface area contributed by atoms with Crippen LogP contribution < -0.4 is 0 Å². The van der Waals surface area contributed by atoms with Crippen LogP contribution in [0.4, 0.5) is 9.18 Å². The fraction of sp³-hybridized carbons (Fsp3) is 0.800. The Morgan fingerprint density at radius 2 is 2.25 bits per heavy atom. The normalized spacial score (nSPS) is 25.2. The van der Waals surface area contributed by atoms with E-state index in [0.717, 1.165) is 4.90 Å². The number of hydrogen-bond donors (Lipinski definition) is 1. The average Bonchev–Trinajstić information content (AvgIpc) is 2.21. The molecule has 1 rings (SSSR count). The van der Waals surface area contributed by atoms with Gasteiger partial charge < -0.3 is 14.7 Å². The summed E-state index contributed by atoms with van der Waals surface area (Å²) in [6.07, 6.45) is -2.00. The third-order valence-electron chi connectivity index (χ3n) is 2.68. The molecule has 1 unspecified atom stereocenters. The van der Waals surface area contributed by atoms with Crippen LogP contribution in [0.1, 0.15) is 19.8 Å². The Bertz CT molecular complexity index is 272. The van der Waals surface area contributed by atoms with Gasteiger partial charge in [-0.2, -0.15) is 0 Å². The number of esters is 1. The van der Waals surface area contributed by atoms with E-state index in [1.165, 1.54) is 0 Å². The fourth-order valence-corrected chi connectivity index (χ4v) is 1.79. The second-order valence-electron chi connectivity index (χ2n) is 3.80. The van der Waals surface area contributed by atoms with E-state index in [9.17, 15) is 14.0 Å². The summed E-state index contributed by atoms with van der Waals surface area (Å²) < 4.78 is 18.3. The molecule has 0 radical (unpaired) electrons. The minimum atomic E-state index is -1.28. The maximum atomic E-state index is 13.5. The molecule has 2 atom stereocenters. The number of hydrogen-bond acceptors (Lipinski definition) is 3. The summed E-state index contributed by atoms with van der Waals surface area (Å²) in [4.78, 5) is 22.8. The highest BCUT2D eigenvalue weighted by molar-refractivity contribution is 5.70. The summed E-state index contributed by atoms with van der Waals surface area (Å²) in [6.45, 7) is 2.10. The Morgan fingerprint density at radius 1 is 1.56 bits per heavy atom. The Labute approximate surface area is 93.2 Å². The number of carboxylic acid groups (broad SMARTS) is 1. The summed E-state index contributed by atoms with van der Waals surface area (Å²) in [6, 6.07) is 0. The van der Waals surface area contributed by atoms with Crippen molar-refractivity contribution in [3.8, 4) is 0 Å². The van der Waals surface area contributed by atoms with E-state index < -0.39 is 24.2 Å². The van der Waals surface area contributed by atoms with Crippen molar-refractivity contribution in [3.63, 3.8) is 0 Å². The first-order valence-electron chi connectivity index (χ1n) is 5.32. The van der Waals surface area contributed by atoms with Crippen molar-refractivity contribution in [1.82, 2.24) is 4.90 Å². The van der Waals surface area contributed by atoms with Crippen molar-refractivity contribution in [3.05, 3.63) is 0 Å². The second kappa shape index (κ2) is 5.67. The Kier molecular flexibility index (Phi) is 4.52. The van der Waals surface area contributed by atoms with Gasteiger partial charge in [0.05, 0.1) is 19.6 Å². The fourth-order valence-electron chi connectivity index (χ4n) is 1.79. The summed E-state index contributed by atoms with van der Waals surface area (Å²) in [5.41, 5.74) is 0. The van der Waals surface area contributed by atoms with Crippen LogP contribution in [0.5, 0.6) is 0 Å². The first kappa shape index (κ1) is 12.7. The van der Waals surface area contributed by atoms with Gasteiger partial charge in [0, 0.05) is 12.5 Å². The van der Waals surface area contributed by atoms with E-state index in [1.807, 2.05) is 0 Å². The number of likely N-dealkylation sites (tertiary alicyclic amines) is 1. The number of carbonyl (C=O) groups excluding carboxylic acids is 1. The van der Waals surface area contributed by atoms with E-state index in [4.69, 9.17) is 9.84 Å². The number of rotatable bonds is 3. The first-order valence-corrected chi connectivity index (χ1v) is 5.32. The van der Waals surface area contributed by atoms with Crippen LogP contribution in [-0.2, 0) is 9.53 Å². The predicted octanol–water partition coefficient (Wildman–Crippen LogP) is 1.28. The van der Waals surface area contributed by atoms with Crippen molar-refractivity contribution in [2.75, 3.05) is 19.7 Å². The monoisotopic (exact) mass is 233 g/mol. The lowest BCUT2D eigenvalue weighted by molar-refractivity contribution is -0.145. The largest absolute Gasteiger partial charge is 0.466 e. The molecular weight excluding hydrogens is 217 g/mol. The number of carbonyl (C=O) groups is 2. The van der Waals surface area contributed by atoms with E-state index in [2.05, 4.69) is 0 Å². The summed E-state index contributed by atoms with van der Waals surface area (Å²) in [5.74, 6) is -0.839. The topological polar surface area (TPSA) is 66.8 Å². The minimum Gasteiger partial charge on any atom is -0.466 e. The van der Waals surface area contributed by atoms with E-state index in [1.54, 1.807) is 6.92 Å². The zero-order valence-electron chi connectivity index (χ0n) is 9.19. The lowest BCUT2D eigenvalue weighted by Gasteiger charge is -2.32. The maximum Gasteiger partial charge on any atom is 0.407 e. The molecule has 0 aromatic heterocycles. The van der Waals surface area contributed by atoms with Crippen molar-refractivity contribution in [2.45, 2.75) is 25.9 Å². The third-order valence-corrected chi connectivity index (χ3v) is 2.68. The lowest BCUT2D eigenvalue weighted by atomic mass is 9.92. The van der Waals surface area contributed by atoms with Crippen molar-refractivity contribution in [1.29, 1.82) is 0 Å². The van der Waals surface area contributed by atoms with E-state index in [0.29, 0.717) is 6.42 Å². The number of halogens is 1. The highest BCUT2D eigenvalue weighted by atomic mass is 19.1. The standard InChI is InChI=1S/C10H16FNO4/c1-2-16-9(13)5-7-3-4-12(10(14)15)6-8(7)11/h7-8H,2-6H2,1H3,(H,14,15)/t7?,8-/m1/s1. The summed E-state index contributed by atoms with van der Waals surface area (Å²) >= 11 is 0. The lowest BCUT2D eigenvalue weighted by Crippen LogP contribution is -2.44. The summed E-state index contributed by atoms with van der Waals surface area (Å²) in [5, 5.41) is 8.68. The highest BCUT2D eigenvalue weighted by Gasteiger charge is 2.32. The van der Waals surface area contributed by atoms with Gasteiger partial charge >= 0.3 is 12.1 Å². The van der Waals surface area contributed by atoms with Crippen LogP contribution in [0.2, 0.25) is 0 Å². The summed E-state index contributed by atoms with van der Waals surface area (Å²) in [7, 11) is 0. The van der Waals surface area contributed by atoms with Crippen molar-refractivity contribution < 1.29 is 23.8 Å². The van der Waals surface area contributed by atoms with Gasteiger partial charge in [-0.1, -0.05) is 0 Å². The van der Waals surface area contributed by atoms with E-state index in [-0.39, 0.29) is 26.1 Å². The van der Waals surface area contributed by atoms with Crippen LogP contribution >= 0.6 is 0 Å². The van der Waals surface area contributed by atoms with Crippen LogP contribution in [0.15, 0.2) is 0 Å². The van der Waals surface area contributed by atoms with Crippen molar-refractivity contribution >= 4 is 12.1 Å². The van der Waals surface area contributed by atoms with Crippen LogP contribution in [0, 0.1) is 5.92 Å². The van der Waals surface area contributed by atoms with Gasteiger partial charge in [0.1, 0.15) is 6.17 Å². The molecule has 92 valence electrons. The Balaban J connectivity index is 2.41. The van der Waals surface area contributed by atoms with Crippen LogP contribution in [-0.4, -0.2) is 47.9 Å². The van der Waals surface area contributed by atoms with Gasteiger partial charge in [0.2, 0.25) is 0 Å². The molecule has 6 heteroatoms. The molecule has 1 saturated heterocycles. The molecule has 0 aromatic rings. The van der Waals surface area contributed by atoms with Gasteiger partial charge in [-0.05, 0) is 13.3 Å². The average molecular weight is 233 g/mol. The molecule has 1 aliphatic rings. The molecule has 5 nitrogen and oxygen atoms in total. The smallest absolute Gasteiger partial charge is 0.407 e. The zero-order valence-corrected chi connectivity index (χ0v) is 9.19. The maximum absolute atomic E-state index is 13.5. The van der Waals surface area contributed by atoms with E-state index >= 15 is 0 Å². The minimum absolute atomic E-state index is 0.0302. The molecule has 1 aliphatic heterocycles. The second-order valence-corrected chi connectivity index (χ2v) is 3.80. The third kappa shape index (κ3) is 3.36. The SMILES string of the molecule is CCOC(=O)CC1CCN(C(=O)O)C[C@H]1F. The van der Waals surface area contributed by atoms with Gasteiger partial charge in [-0.3, -0.25) is 4.79 Å². The predicted molar refractivity (Wildman–Crippen MR) is 53.9 cm³/mol.